The lowest BCUT2D eigenvalue weighted by atomic mass is 9.87. The van der Waals surface area contributed by atoms with Gasteiger partial charge in [-0.25, -0.2) is 0 Å². The Labute approximate surface area is 131 Å². The molecule has 1 aliphatic carbocycles. The lowest BCUT2D eigenvalue weighted by Crippen LogP contribution is -2.40. The molecule has 2 aromatic rings. The molecule has 1 aromatic carbocycles. The van der Waals surface area contributed by atoms with Crippen LogP contribution in [0.15, 0.2) is 47.1 Å². The van der Waals surface area contributed by atoms with Crippen LogP contribution in [0.3, 0.4) is 0 Å². The highest BCUT2D eigenvalue weighted by Crippen LogP contribution is 2.33. The van der Waals surface area contributed by atoms with Crippen molar-refractivity contribution in [1.29, 1.82) is 0 Å². The Balaban J connectivity index is 1.67. The zero-order valence-corrected chi connectivity index (χ0v) is 13.0. The number of nitrogens with zero attached hydrogens (tertiary/aromatic N) is 1. The summed E-state index contributed by atoms with van der Waals surface area (Å²) >= 11 is 5.53. The van der Waals surface area contributed by atoms with Crippen LogP contribution in [0, 0.1) is 0 Å². The zero-order valence-electron chi connectivity index (χ0n) is 12.2. The van der Waals surface area contributed by atoms with E-state index in [0.29, 0.717) is 12.6 Å². The summed E-state index contributed by atoms with van der Waals surface area (Å²) in [7, 11) is 2.07. The van der Waals surface area contributed by atoms with Gasteiger partial charge in [0, 0.05) is 7.05 Å². The number of hydrogen-bond acceptors (Lipinski definition) is 2. The Hall–Kier alpha value is -1.81. The largest absolute Gasteiger partial charge is 0.467 e. The van der Waals surface area contributed by atoms with Crippen LogP contribution in [-0.4, -0.2) is 17.1 Å². The molecule has 1 aromatic heterocycles. The van der Waals surface area contributed by atoms with Crippen LogP contribution in [0.4, 0.5) is 0 Å². The zero-order chi connectivity index (χ0) is 14.7. The topological polar surface area (TPSA) is 28.4 Å². The molecule has 1 atom stereocenters. The normalized spacial score (nSPS) is 17.1. The molecule has 110 valence electrons. The van der Waals surface area contributed by atoms with E-state index < -0.39 is 0 Å². The summed E-state index contributed by atoms with van der Waals surface area (Å²) in [5, 5.41) is 4.05. The number of rotatable bonds is 3. The van der Waals surface area contributed by atoms with Gasteiger partial charge in [-0.05, 0) is 54.7 Å². The van der Waals surface area contributed by atoms with Gasteiger partial charge in [-0.1, -0.05) is 24.3 Å². The summed E-state index contributed by atoms with van der Waals surface area (Å²) in [6.07, 6.45) is 5.22. The minimum absolute atomic E-state index is 0.367. The third kappa shape index (κ3) is 3.10. The molecule has 0 bridgehead atoms. The third-order valence-electron chi connectivity index (χ3n) is 4.12. The fourth-order valence-corrected chi connectivity index (χ4v) is 3.17. The van der Waals surface area contributed by atoms with Crippen LogP contribution in [0.5, 0.6) is 0 Å². The van der Waals surface area contributed by atoms with Crippen molar-refractivity contribution in [2.45, 2.75) is 31.8 Å². The predicted octanol–water partition coefficient (Wildman–Crippen LogP) is 3.66. The van der Waals surface area contributed by atoms with Gasteiger partial charge in [0.15, 0.2) is 5.11 Å². The van der Waals surface area contributed by atoms with Crippen molar-refractivity contribution in [1.82, 2.24) is 10.2 Å². The van der Waals surface area contributed by atoms with E-state index in [1.54, 1.807) is 6.26 Å². The Morgan fingerprint density at radius 2 is 2.19 bits per heavy atom. The summed E-state index contributed by atoms with van der Waals surface area (Å²) in [6.45, 7) is 0.630. The SMILES string of the molecule is CN(C(=S)NCc1ccco1)[C@H]1CCCc2ccccc21. The summed E-state index contributed by atoms with van der Waals surface area (Å²) in [5.74, 6) is 0.898. The van der Waals surface area contributed by atoms with Crippen LogP contribution in [0.2, 0.25) is 0 Å². The first kappa shape index (κ1) is 14.1. The molecule has 3 rings (SSSR count). The molecular formula is C17H20N2OS. The van der Waals surface area contributed by atoms with Crippen molar-refractivity contribution >= 4 is 17.3 Å². The first-order chi connectivity index (χ1) is 10.3. The Morgan fingerprint density at radius 1 is 1.33 bits per heavy atom. The van der Waals surface area contributed by atoms with E-state index in [4.69, 9.17) is 16.6 Å². The van der Waals surface area contributed by atoms with Crippen molar-refractivity contribution in [3.8, 4) is 0 Å². The number of hydrogen-bond donors (Lipinski definition) is 1. The molecule has 0 saturated heterocycles. The number of aryl methyl sites for hydroxylation is 1. The Bertz CT molecular complexity index is 609. The van der Waals surface area contributed by atoms with E-state index in [9.17, 15) is 0 Å². The van der Waals surface area contributed by atoms with Gasteiger partial charge in [-0.3, -0.25) is 0 Å². The molecule has 0 amide bonds. The number of nitrogens with one attached hydrogen (secondary N) is 1. The molecule has 0 aliphatic heterocycles. The van der Waals surface area contributed by atoms with Gasteiger partial charge in [0.05, 0.1) is 18.8 Å². The summed E-state index contributed by atoms with van der Waals surface area (Å²) in [4.78, 5) is 2.18. The molecule has 0 unspecified atom stereocenters. The standard InChI is InChI=1S/C17H20N2OS/c1-19(17(21)18-12-14-8-5-11-20-14)16-10-4-7-13-6-2-3-9-15(13)16/h2-3,5-6,8-9,11,16H,4,7,10,12H2,1H3,(H,18,21)/t16-/m0/s1. The molecule has 0 radical (unpaired) electrons. The second kappa shape index (κ2) is 6.31. The number of fused-ring (bicyclic) bond motifs is 1. The van der Waals surface area contributed by atoms with Gasteiger partial charge in [0.1, 0.15) is 5.76 Å². The van der Waals surface area contributed by atoms with Crippen molar-refractivity contribution in [2.75, 3.05) is 7.05 Å². The maximum Gasteiger partial charge on any atom is 0.169 e. The predicted molar refractivity (Wildman–Crippen MR) is 88.0 cm³/mol. The number of benzene rings is 1. The summed E-state index contributed by atoms with van der Waals surface area (Å²) < 4.78 is 5.32. The van der Waals surface area contributed by atoms with Gasteiger partial charge in [-0.15, -0.1) is 0 Å². The van der Waals surface area contributed by atoms with E-state index in [1.807, 2.05) is 12.1 Å². The van der Waals surface area contributed by atoms with Crippen molar-refractivity contribution in [3.63, 3.8) is 0 Å². The fraction of sp³-hybridized carbons (Fsp3) is 0.353. The van der Waals surface area contributed by atoms with Crippen LogP contribution in [0.1, 0.15) is 35.8 Å². The van der Waals surface area contributed by atoms with E-state index in [2.05, 4.69) is 41.5 Å². The molecule has 1 N–H and O–H groups in total. The van der Waals surface area contributed by atoms with Crippen LogP contribution < -0.4 is 5.32 Å². The molecule has 3 nitrogen and oxygen atoms in total. The van der Waals surface area contributed by atoms with Gasteiger partial charge in [0.2, 0.25) is 0 Å². The number of thiocarbonyl (C=S) groups is 1. The van der Waals surface area contributed by atoms with Crippen LogP contribution in [-0.2, 0) is 13.0 Å². The molecule has 21 heavy (non-hydrogen) atoms. The molecular weight excluding hydrogens is 280 g/mol. The summed E-state index contributed by atoms with van der Waals surface area (Å²) in [5.41, 5.74) is 2.86. The molecule has 4 heteroatoms. The second-order valence-corrected chi connectivity index (χ2v) is 5.84. The van der Waals surface area contributed by atoms with Crippen molar-refractivity contribution < 1.29 is 4.42 Å². The van der Waals surface area contributed by atoms with E-state index in [0.717, 1.165) is 17.3 Å². The highest BCUT2D eigenvalue weighted by Gasteiger charge is 2.24. The van der Waals surface area contributed by atoms with Gasteiger partial charge >= 0.3 is 0 Å². The van der Waals surface area contributed by atoms with Gasteiger partial charge < -0.3 is 14.6 Å². The first-order valence-corrected chi connectivity index (χ1v) is 7.77. The lowest BCUT2D eigenvalue weighted by Gasteiger charge is -2.35. The maximum atomic E-state index is 5.53. The smallest absolute Gasteiger partial charge is 0.169 e. The number of furan rings is 1. The quantitative estimate of drug-likeness (QED) is 0.876. The monoisotopic (exact) mass is 300 g/mol. The van der Waals surface area contributed by atoms with Crippen molar-refractivity contribution in [3.05, 3.63) is 59.5 Å². The van der Waals surface area contributed by atoms with E-state index >= 15 is 0 Å². The second-order valence-electron chi connectivity index (χ2n) is 5.46. The molecule has 1 aliphatic rings. The average molecular weight is 300 g/mol. The molecule has 0 saturated carbocycles. The average Bonchev–Trinajstić information content (AvgIpc) is 3.05. The Kier molecular flexibility index (Phi) is 4.25. The first-order valence-electron chi connectivity index (χ1n) is 7.36. The maximum absolute atomic E-state index is 5.53. The molecule has 0 fully saturated rings. The molecule has 1 heterocycles. The fourth-order valence-electron chi connectivity index (χ4n) is 2.97. The Morgan fingerprint density at radius 3 is 3.00 bits per heavy atom. The highest BCUT2D eigenvalue weighted by molar-refractivity contribution is 7.80. The minimum Gasteiger partial charge on any atom is -0.467 e. The van der Waals surface area contributed by atoms with E-state index in [-0.39, 0.29) is 0 Å². The van der Waals surface area contributed by atoms with Gasteiger partial charge in [0.25, 0.3) is 0 Å². The minimum atomic E-state index is 0.367. The lowest BCUT2D eigenvalue weighted by molar-refractivity contribution is 0.326. The van der Waals surface area contributed by atoms with E-state index in [1.165, 1.54) is 24.0 Å². The van der Waals surface area contributed by atoms with Crippen molar-refractivity contribution in [2.24, 2.45) is 0 Å². The van der Waals surface area contributed by atoms with Crippen LogP contribution in [0.25, 0.3) is 0 Å². The summed E-state index contributed by atoms with van der Waals surface area (Å²) in [6, 6.07) is 12.9. The van der Waals surface area contributed by atoms with Gasteiger partial charge in [-0.2, -0.15) is 0 Å². The third-order valence-corrected chi connectivity index (χ3v) is 4.55. The highest BCUT2D eigenvalue weighted by atomic mass is 32.1. The van der Waals surface area contributed by atoms with Crippen LogP contribution >= 0.6 is 12.2 Å². The molecule has 0 spiro atoms.